The number of rotatable bonds is 4. The van der Waals surface area contributed by atoms with Crippen LogP contribution in [-0.4, -0.2) is 36.0 Å². The molecule has 0 aromatic heterocycles. The van der Waals surface area contributed by atoms with E-state index in [2.05, 4.69) is 10.5 Å². The van der Waals surface area contributed by atoms with Gasteiger partial charge in [0.1, 0.15) is 0 Å². The fourth-order valence-corrected chi connectivity index (χ4v) is 3.87. The van der Waals surface area contributed by atoms with Crippen LogP contribution < -0.4 is 5.43 Å². The molecule has 3 aromatic carbocycles. The molecule has 1 N–H and O–H groups in total. The Morgan fingerprint density at radius 3 is 2.43 bits per heavy atom. The molecule has 1 aliphatic heterocycles. The second-order valence-corrected chi connectivity index (χ2v) is 7.81. The second-order valence-electron chi connectivity index (χ2n) is 7.38. The molecule has 2 amide bonds. The van der Waals surface area contributed by atoms with Crippen molar-refractivity contribution in [1.29, 1.82) is 0 Å². The van der Waals surface area contributed by atoms with Gasteiger partial charge < -0.3 is 4.90 Å². The van der Waals surface area contributed by atoms with Crippen molar-refractivity contribution in [1.82, 2.24) is 10.3 Å². The van der Waals surface area contributed by atoms with Crippen LogP contribution >= 0.6 is 11.6 Å². The Balaban J connectivity index is 1.31. The molecular weight excluding hydrogens is 398 g/mol. The van der Waals surface area contributed by atoms with Crippen molar-refractivity contribution in [2.45, 2.75) is 12.8 Å². The largest absolute Gasteiger partial charge is 0.339 e. The van der Waals surface area contributed by atoms with Crippen molar-refractivity contribution in [3.05, 3.63) is 82.9 Å². The third-order valence-electron chi connectivity index (χ3n) is 5.45. The van der Waals surface area contributed by atoms with Crippen molar-refractivity contribution in [3.63, 3.8) is 0 Å². The van der Waals surface area contributed by atoms with Gasteiger partial charge in [0.05, 0.1) is 6.21 Å². The molecule has 6 heteroatoms. The molecule has 1 aliphatic rings. The topological polar surface area (TPSA) is 61.8 Å². The summed E-state index contributed by atoms with van der Waals surface area (Å²) in [5.41, 5.74) is 4.23. The number of nitrogens with one attached hydrogen (secondary N) is 1. The first-order valence-corrected chi connectivity index (χ1v) is 10.3. The van der Waals surface area contributed by atoms with E-state index < -0.39 is 0 Å². The number of carbonyl (C=O) groups is 2. The lowest BCUT2D eigenvalue weighted by Crippen LogP contribution is -2.42. The van der Waals surface area contributed by atoms with Crippen LogP contribution in [0.15, 0.2) is 71.8 Å². The van der Waals surface area contributed by atoms with E-state index in [4.69, 9.17) is 11.6 Å². The summed E-state index contributed by atoms with van der Waals surface area (Å²) in [6, 6.07) is 20.9. The first-order chi connectivity index (χ1) is 14.6. The Morgan fingerprint density at radius 1 is 0.967 bits per heavy atom. The summed E-state index contributed by atoms with van der Waals surface area (Å²) >= 11 is 5.88. The number of piperidine rings is 1. The first-order valence-electron chi connectivity index (χ1n) is 9.97. The highest BCUT2D eigenvalue weighted by atomic mass is 35.5. The van der Waals surface area contributed by atoms with Crippen LogP contribution in [0.5, 0.6) is 0 Å². The highest BCUT2D eigenvalue weighted by molar-refractivity contribution is 6.30. The Hall–Kier alpha value is -3.18. The van der Waals surface area contributed by atoms with Crippen LogP contribution in [0.4, 0.5) is 0 Å². The Kier molecular flexibility index (Phi) is 6.10. The molecule has 152 valence electrons. The molecule has 5 nitrogen and oxygen atoms in total. The van der Waals surface area contributed by atoms with Crippen molar-refractivity contribution >= 4 is 40.4 Å². The number of hydrazone groups is 1. The molecule has 1 heterocycles. The van der Waals surface area contributed by atoms with E-state index in [1.165, 1.54) is 0 Å². The van der Waals surface area contributed by atoms with E-state index in [-0.39, 0.29) is 17.7 Å². The molecule has 0 atom stereocenters. The molecule has 0 spiro atoms. The lowest BCUT2D eigenvalue weighted by Gasteiger charge is -2.31. The SMILES string of the molecule is O=C(N/N=C\c1cccc2ccccc12)C1CCN(C(=O)c2ccc(Cl)cc2)CC1. The summed E-state index contributed by atoms with van der Waals surface area (Å²) in [7, 11) is 0. The lowest BCUT2D eigenvalue weighted by molar-refractivity contribution is -0.126. The standard InChI is InChI=1S/C24H22ClN3O2/c25-21-10-8-19(9-11-21)24(30)28-14-12-18(13-15-28)23(29)27-26-16-20-6-3-5-17-4-1-2-7-22(17)20/h1-11,16,18H,12-15H2,(H,27,29)/b26-16-. The molecule has 0 unspecified atom stereocenters. The van der Waals surface area contributed by atoms with Gasteiger partial charge in [-0.2, -0.15) is 5.10 Å². The quantitative estimate of drug-likeness (QED) is 0.500. The normalized spacial score (nSPS) is 14.9. The fraction of sp³-hybridized carbons (Fsp3) is 0.208. The number of nitrogens with zero attached hydrogens (tertiary/aromatic N) is 2. The fourth-order valence-electron chi connectivity index (χ4n) is 3.74. The van der Waals surface area contributed by atoms with Gasteiger partial charge in [0.25, 0.3) is 5.91 Å². The van der Waals surface area contributed by atoms with Gasteiger partial charge in [-0.15, -0.1) is 0 Å². The summed E-state index contributed by atoms with van der Waals surface area (Å²) in [6.45, 7) is 1.10. The second kappa shape index (κ2) is 9.09. The molecule has 0 aliphatic carbocycles. The molecule has 0 radical (unpaired) electrons. The van der Waals surface area contributed by atoms with E-state index in [1.54, 1.807) is 35.4 Å². The van der Waals surface area contributed by atoms with E-state index in [1.807, 2.05) is 42.5 Å². The predicted molar refractivity (Wildman–Crippen MR) is 120 cm³/mol. The summed E-state index contributed by atoms with van der Waals surface area (Å²) in [6.07, 6.45) is 2.92. The van der Waals surface area contributed by atoms with Gasteiger partial charge in [-0.3, -0.25) is 9.59 Å². The van der Waals surface area contributed by atoms with E-state index in [9.17, 15) is 9.59 Å². The lowest BCUT2D eigenvalue weighted by atomic mass is 9.95. The monoisotopic (exact) mass is 419 g/mol. The van der Waals surface area contributed by atoms with Gasteiger partial charge in [-0.1, -0.05) is 54.1 Å². The number of halogens is 1. The van der Waals surface area contributed by atoms with Gasteiger partial charge in [-0.25, -0.2) is 5.43 Å². The molecule has 1 fully saturated rings. The van der Waals surface area contributed by atoms with Gasteiger partial charge in [0.15, 0.2) is 0 Å². The van der Waals surface area contributed by atoms with Crippen LogP contribution in [0.1, 0.15) is 28.8 Å². The van der Waals surface area contributed by atoms with Crippen LogP contribution in [0.25, 0.3) is 10.8 Å². The zero-order chi connectivity index (χ0) is 20.9. The molecule has 0 saturated carbocycles. The molecule has 0 bridgehead atoms. The third-order valence-corrected chi connectivity index (χ3v) is 5.70. The third kappa shape index (κ3) is 4.52. The molecule has 1 saturated heterocycles. The minimum atomic E-state index is -0.149. The Morgan fingerprint density at radius 2 is 1.67 bits per heavy atom. The number of hydrogen-bond acceptors (Lipinski definition) is 3. The zero-order valence-electron chi connectivity index (χ0n) is 16.4. The van der Waals surface area contributed by atoms with Gasteiger partial charge in [-0.05, 0) is 47.9 Å². The number of carbonyl (C=O) groups excluding carboxylic acids is 2. The Labute approximate surface area is 180 Å². The van der Waals surface area contributed by atoms with Gasteiger partial charge in [0.2, 0.25) is 5.91 Å². The maximum absolute atomic E-state index is 12.6. The average molecular weight is 420 g/mol. The van der Waals surface area contributed by atoms with E-state index >= 15 is 0 Å². The first kappa shape index (κ1) is 20.1. The van der Waals surface area contributed by atoms with Crippen molar-refractivity contribution in [3.8, 4) is 0 Å². The van der Waals surface area contributed by atoms with Gasteiger partial charge in [0, 0.05) is 35.2 Å². The summed E-state index contributed by atoms with van der Waals surface area (Å²) < 4.78 is 0. The molecule has 4 rings (SSSR count). The number of benzene rings is 3. The van der Waals surface area contributed by atoms with Crippen LogP contribution in [-0.2, 0) is 4.79 Å². The van der Waals surface area contributed by atoms with E-state index in [0.29, 0.717) is 36.5 Å². The number of fused-ring (bicyclic) bond motifs is 1. The molecule has 3 aromatic rings. The highest BCUT2D eigenvalue weighted by Gasteiger charge is 2.27. The minimum absolute atomic E-state index is 0.0282. The van der Waals surface area contributed by atoms with Crippen LogP contribution in [0, 0.1) is 5.92 Å². The summed E-state index contributed by atoms with van der Waals surface area (Å²) in [5.74, 6) is -0.284. The molecule has 30 heavy (non-hydrogen) atoms. The number of amides is 2. The molecular formula is C24H22ClN3O2. The van der Waals surface area contributed by atoms with E-state index in [0.717, 1.165) is 16.3 Å². The highest BCUT2D eigenvalue weighted by Crippen LogP contribution is 2.20. The smallest absolute Gasteiger partial charge is 0.253 e. The van der Waals surface area contributed by atoms with Crippen molar-refractivity contribution in [2.24, 2.45) is 11.0 Å². The van der Waals surface area contributed by atoms with Crippen LogP contribution in [0.2, 0.25) is 5.02 Å². The summed E-state index contributed by atoms with van der Waals surface area (Å²) in [5, 5.41) is 6.98. The van der Waals surface area contributed by atoms with Gasteiger partial charge >= 0.3 is 0 Å². The Bertz CT molecular complexity index is 1080. The predicted octanol–water partition coefficient (Wildman–Crippen LogP) is 4.50. The summed E-state index contributed by atoms with van der Waals surface area (Å²) in [4.78, 5) is 26.9. The van der Waals surface area contributed by atoms with Crippen LogP contribution in [0.3, 0.4) is 0 Å². The number of hydrogen-bond donors (Lipinski definition) is 1. The zero-order valence-corrected chi connectivity index (χ0v) is 17.2. The maximum atomic E-state index is 12.6. The maximum Gasteiger partial charge on any atom is 0.253 e. The van der Waals surface area contributed by atoms with Crippen molar-refractivity contribution in [2.75, 3.05) is 13.1 Å². The van der Waals surface area contributed by atoms with Crippen molar-refractivity contribution < 1.29 is 9.59 Å². The minimum Gasteiger partial charge on any atom is -0.339 e. The number of likely N-dealkylation sites (tertiary alicyclic amines) is 1. The average Bonchev–Trinajstić information content (AvgIpc) is 2.79.